The van der Waals surface area contributed by atoms with E-state index in [1.54, 1.807) is 0 Å². The Hall–Kier alpha value is -2.09. The predicted octanol–water partition coefficient (Wildman–Crippen LogP) is 3.71. The summed E-state index contributed by atoms with van der Waals surface area (Å²) in [5.41, 5.74) is 3.10. The van der Waals surface area contributed by atoms with Crippen molar-refractivity contribution < 1.29 is 4.79 Å². The second-order valence-electron chi connectivity index (χ2n) is 5.92. The normalized spacial score (nSPS) is 11.2. The first-order chi connectivity index (χ1) is 9.47. The van der Waals surface area contributed by atoms with Crippen LogP contribution in [0, 0.1) is 6.07 Å². The predicted molar refractivity (Wildman–Crippen MR) is 81.6 cm³/mol. The summed E-state index contributed by atoms with van der Waals surface area (Å²) in [4.78, 5) is 12.1. The van der Waals surface area contributed by atoms with Crippen LogP contribution in [-0.4, -0.2) is 5.91 Å². The monoisotopic (exact) mass is 266 g/mol. The standard InChI is InChI=1S/C18H20NO/c1-18(2,3)16-11-9-15(10-12-16)17(20)19-13-14-7-5-4-6-8-14/h5-12H,13H2,1-3H3,(H,19,20). The number of hydrogen-bond acceptors (Lipinski definition) is 1. The first kappa shape index (κ1) is 14.3. The van der Waals surface area contributed by atoms with Gasteiger partial charge in [0.05, 0.1) is 0 Å². The molecule has 0 aliphatic rings. The van der Waals surface area contributed by atoms with E-state index in [1.165, 1.54) is 5.56 Å². The molecule has 0 spiro atoms. The number of carbonyl (C=O) groups is 1. The number of rotatable bonds is 3. The number of nitrogens with one attached hydrogen (secondary N) is 1. The topological polar surface area (TPSA) is 29.1 Å². The molecule has 2 heteroatoms. The van der Waals surface area contributed by atoms with E-state index in [4.69, 9.17) is 0 Å². The lowest BCUT2D eigenvalue weighted by atomic mass is 9.87. The van der Waals surface area contributed by atoms with Gasteiger partial charge in [-0.05, 0) is 34.7 Å². The van der Waals surface area contributed by atoms with Crippen LogP contribution in [0.2, 0.25) is 0 Å². The highest BCUT2D eigenvalue weighted by atomic mass is 16.1. The minimum Gasteiger partial charge on any atom is -0.348 e. The van der Waals surface area contributed by atoms with E-state index >= 15 is 0 Å². The summed E-state index contributed by atoms with van der Waals surface area (Å²) in [5.74, 6) is -0.0432. The number of benzene rings is 2. The van der Waals surface area contributed by atoms with Crippen LogP contribution in [0.15, 0.2) is 48.5 Å². The second kappa shape index (κ2) is 5.91. The molecule has 1 amide bonds. The summed E-state index contributed by atoms with van der Waals surface area (Å²) < 4.78 is 0. The van der Waals surface area contributed by atoms with Gasteiger partial charge < -0.3 is 5.32 Å². The molecule has 0 aromatic heterocycles. The lowest BCUT2D eigenvalue weighted by molar-refractivity contribution is 0.0951. The van der Waals surface area contributed by atoms with Gasteiger partial charge in [0, 0.05) is 12.1 Å². The quantitative estimate of drug-likeness (QED) is 0.901. The zero-order valence-electron chi connectivity index (χ0n) is 12.2. The van der Waals surface area contributed by atoms with Gasteiger partial charge >= 0.3 is 0 Å². The molecule has 0 bridgehead atoms. The molecule has 2 rings (SSSR count). The molecule has 2 aromatic carbocycles. The van der Waals surface area contributed by atoms with E-state index in [-0.39, 0.29) is 11.3 Å². The van der Waals surface area contributed by atoms with Gasteiger partial charge in [-0.1, -0.05) is 57.2 Å². The van der Waals surface area contributed by atoms with Crippen LogP contribution in [-0.2, 0) is 12.0 Å². The van der Waals surface area contributed by atoms with Crippen LogP contribution in [0.4, 0.5) is 0 Å². The molecule has 2 aromatic rings. The zero-order valence-corrected chi connectivity index (χ0v) is 12.2. The van der Waals surface area contributed by atoms with Crippen LogP contribution in [0.25, 0.3) is 0 Å². The number of amides is 1. The molecule has 0 saturated carbocycles. The molecular weight excluding hydrogens is 246 g/mol. The Morgan fingerprint density at radius 1 is 1.05 bits per heavy atom. The van der Waals surface area contributed by atoms with Crippen molar-refractivity contribution in [3.63, 3.8) is 0 Å². The molecule has 0 fully saturated rings. The number of carbonyl (C=O) groups excluding carboxylic acids is 1. The molecule has 0 atom stereocenters. The Balaban J connectivity index is 1.99. The van der Waals surface area contributed by atoms with Crippen LogP contribution >= 0.6 is 0 Å². The van der Waals surface area contributed by atoms with Crippen LogP contribution in [0.5, 0.6) is 0 Å². The minimum atomic E-state index is -0.0432. The van der Waals surface area contributed by atoms with Crippen LogP contribution in [0.3, 0.4) is 0 Å². The molecule has 2 nitrogen and oxygen atoms in total. The highest BCUT2D eigenvalue weighted by molar-refractivity contribution is 5.94. The van der Waals surface area contributed by atoms with Gasteiger partial charge in [-0.25, -0.2) is 0 Å². The van der Waals surface area contributed by atoms with E-state index in [0.717, 1.165) is 5.56 Å². The Morgan fingerprint density at radius 3 is 2.20 bits per heavy atom. The second-order valence-corrected chi connectivity index (χ2v) is 5.92. The SMILES string of the molecule is CC(C)(C)c1ccc(C(=O)NCc2cc[c]cc2)cc1. The first-order valence-corrected chi connectivity index (χ1v) is 6.80. The van der Waals surface area contributed by atoms with Crippen molar-refractivity contribution >= 4 is 5.91 Å². The Kier molecular flexibility index (Phi) is 4.23. The fourth-order valence-electron chi connectivity index (χ4n) is 1.95. The lowest BCUT2D eigenvalue weighted by Gasteiger charge is -2.19. The molecule has 103 valence electrons. The Bertz CT molecular complexity index is 565. The smallest absolute Gasteiger partial charge is 0.251 e. The van der Waals surface area contributed by atoms with Gasteiger partial charge in [-0.2, -0.15) is 0 Å². The van der Waals surface area contributed by atoms with E-state index < -0.39 is 0 Å². The summed E-state index contributed by atoms with van der Waals surface area (Å²) in [6, 6.07) is 18.4. The Labute approximate surface area is 120 Å². The summed E-state index contributed by atoms with van der Waals surface area (Å²) in [5, 5.41) is 2.92. The van der Waals surface area contributed by atoms with Crippen molar-refractivity contribution in [3.05, 3.63) is 71.3 Å². The first-order valence-electron chi connectivity index (χ1n) is 6.80. The van der Waals surface area contributed by atoms with Gasteiger partial charge in [0.15, 0.2) is 0 Å². The lowest BCUT2D eigenvalue weighted by Crippen LogP contribution is -2.23. The maximum absolute atomic E-state index is 12.1. The third kappa shape index (κ3) is 3.70. The average molecular weight is 266 g/mol. The molecule has 0 unspecified atom stereocenters. The van der Waals surface area contributed by atoms with E-state index in [2.05, 4.69) is 32.2 Å². The van der Waals surface area contributed by atoms with Crippen molar-refractivity contribution in [3.8, 4) is 0 Å². The van der Waals surface area contributed by atoms with Gasteiger partial charge in [0.1, 0.15) is 0 Å². The van der Waals surface area contributed by atoms with Gasteiger partial charge in [0.2, 0.25) is 0 Å². The van der Waals surface area contributed by atoms with Crippen molar-refractivity contribution in [2.24, 2.45) is 0 Å². The largest absolute Gasteiger partial charge is 0.348 e. The molecule has 0 heterocycles. The Morgan fingerprint density at radius 2 is 1.65 bits per heavy atom. The van der Waals surface area contributed by atoms with Gasteiger partial charge in [0.25, 0.3) is 5.91 Å². The molecular formula is C18H20NO. The maximum Gasteiger partial charge on any atom is 0.251 e. The molecule has 20 heavy (non-hydrogen) atoms. The summed E-state index contributed by atoms with van der Waals surface area (Å²) in [6.07, 6.45) is 0. The zero-order chi connectivity index (χ0) is 14.6. The fraction of sp³-hybridized carbons (Fsp3) is 0.278. The van der Waals surface area contributed by atoms with Gasteiger partial charge in [-0.3, -0.25) is 4.79 Å². The summed E-state index contributed by atoms with van der Waals surface area (Å²) >= 11 is 0. The fourth-order valence-corrected chi connectivity index (χ4v) is 1.95. The highest BCUT2D eigenvalue weighted by Gasteiger charge is 2.14. The van der Waals surface area contributed by atoms with Crippen molar-refractivity contribution in [2.75, 3.05) is 0 Å². The molecule has 1 radical (unpaired) electrons. The van der Waals surface area contributed by atoms with Crippen LogP contribution < -0.4 is 5.32 Å². The van der Waals surface area contributed by atoms with E-state index in [0.29, 0.717) is 12.1 Å². The van der Waals surface area contributed by atoms with Gasteiger partial charge in [-0.15, -0.1) is 0 Å². The third-order valence-electron chi connectivity index (χ3n) is 3.25. The summed E-state index contributed by atoms with van der Waals surface area (Å²) in [6.45, 7) is 7.02. The van der Waals surface area contributed by atoms with Crippen LogP contribution in [0.1, 0.15) is 42.3 Å². The molecule has 1 N–H and O–H groups in total. The highest BCUT2D eigenvalue weighted by Crippen LogP contribution is 2.22. The molecule has 0 saturated heterocycles. The van der Waals surface area contributed by atoms with Crippen molar-refractivity contribution in [2.45, 2.75) is 32.7 Å². The van der Waals surface area contributed by atoms with Crippen molar-refractivity contribution in [1.82, 2.24) is 5.32 Å². The minimum absolute atomic E-state index is 0.0432. The van der Waals surface area contributed by atoms with Crippen molar-refractivity contribution in [1.29, 1.82) is 0 Å². The van der Waals surface area contributed by atoms with E-state index in [9.17, 15) is 4.79 Å². The molecule has 0 aliphatic heterocycles. The average Bonchev–Trinajstić information content (AvgIpc) is 2.45. The molecule has 0 aliphatic carbocycles. The maximum atomic E-state index is 12.1. The summed E-state index contributed by atoms with van der Waals surface area (Å²) in [7, 11) is 0. The number of hydrogen-bond donors (Lipinski definition) is 1. The van der Waals surface area contributed by atoms with E-state index in [1.807, 2.05) is 48.5 Å². The third-order valence-corrected chi connectivity index (χ3v) is 3.25.